The summed E-state index contributed by atoms with van der Waals surface area (Å²) in [6.07, 6.45) is -1.40. The third-order valence-electron chi connectivity index (χ3n) is 8.46. The summed E-state index contributed by atoms with van der Waals surface area (Å²) >= 11 is 0. The van der Waals surface area contributed by atoms with Crippen molar-refractivity contribution in [2.45, 2.75) is 76.2 Å². The van der Waals surface area contributed by atoms with E-state index in [1.54, 1.807) is 67.6 Å². The van der Waals surface area contributed by atoms with Gasteiger partial charge >= 0.3 is 0 Å². The summed E-state index contributed by atoms with van der Waals surface area (Å²) in [5.41, 5.74) is 7.71. The van der Waals surface area contributed by atoms with Gasteiger partial charge in [0.2, 0.25) is 23.5 Å². The lowest BCUT2D eigenvalue weighted by molar-refractivity contribution is -0.134. The topological polar surface area (TPSA) is 166 Å². The zero-order valence-electron chi connectivity index (χ0n) is 28.5. The molecule has 0 radical (unpaired) electrons. The van der Waals surface area contributed by atoms with Crippen LogP contribution in [0.5, 0.6) is 0 Å². The van der Waals surface area contributed by atoms with Gasteiger partial charge in [0.25, 0.3) is 0 Å². The number of halogens is 5. The second kappa shape index (κ2) is 17.2. The molecule has 4 rings (SSSR count). The van der Waals surface area contributed by atoms with Crippen LogP contribution < -0.4 is 16.0 Å². The molecule has 0 spiro atoms. The molecule has 11 nitrogen and oxygen atoms in total. The molecular weight excluding hydrogens is 691 g/mol. The van der Waals surface area contributed by atoms with Crippen molar-refractivity contribution in [1.82, 2.24) is 16.0 Å². The summed E-state index contributed by atoms with van der Waals surface area (Å²) in [6, 6.07) is 10.5. The highest BCUT2D eigenvalue weighted by Crippen LogP contribution is 2.30. The van der Waals surface area contributed by atoms with Crippen LogP contribution in [0.15, 0.2) is 65.8 Å². The highest BCUT2D eigenvalue weighted by molar-refractivity contribution is 5.98. The fourth-order valence-electron chi connectivity index (χ4n) is 5.52. The minimum Gasteiger partial charge on any atom is -0.361 e. The normalized spacial score (nSPS) is 17.2. The van der Waals surface area contributed by atoms with Crippen molar-refractivity contribution in [3.8, 4) is 0 Å². The predicted molar refractivity (Wildman–Crippen MR) is 178 cm³/mol. The minimum absolute atomic E-state index is 0.0560. The Morgan fingerprint density at radius 3 is 1.65 bits per heavy atom. The number of ether oxygens (including phenoxy) is 1. The molecule has 0 saturated carbocycles. The highest BCUT2D eigenvalue weighted by Gasteiger charge is 2.50. The number of epoxide rings is 1. The first-order valence-corrected chi connectivity index (χ1v) is 16.4. The van der Waals surface area contributed by atoms with E-state index in [2.05, 4.69) is 26.0 Å². The lowest BCUT2D eigenvalue weighted by Gasteiger charge is -2.27. The summed E-state index contributed by atoms with van der Waals surface area (Å²) in [6.45, 7) is 5.40. The monoisotopic (exact) mass is 728 g/mol. The molecule has 0 aliphatic carbocycles. The van der Waals surface area contributed by atoms with Crippen LogP contribution in [0.4, 0.5) is 22.0 Å². The van der Waals surface area contributed by atoms with Gasteiger partial charge in [-0.3, -0.25) is 19.2 Å². The van der Waals surface area contributed by atoms with Crippen molar-refractivity contribution in [3.63, 3.8) is 0 Å². The molecule has 1 unspecified atom stereocenters. The lowest BCUT2D eigenvalue weighted by atomic mass is 9.93. The molecule has 1 aliphatic rings. The fourth-order valence-corrected chi connectivity index (χ4v) is 5.52. The van der Waals surface area contributed by atoms with Crippen LogP contribution in [0.2, 0.25) is 0 Å². The Labute approximate surface area is 295 Å². The van der Waals surface area contributed by atoms with E-state index in [0.29, 0.717) is 11.1 Å². The molecule has 3 aromatic carbocycles. The molecule has 1 heterocycles. The highest BCUT2D eigenvalue weighted by atomic mass is 19.2. The van der Waals surface area contributed by atoms with Gasteiger partial charge in [-0.2, -0.15) is 0 Å². The molecule has 16 heteroatoms. The number of carbonyl (C=O) groups is 4. The van der Waals surface area contributed by atoms with E-state index >= 15 is 0 Å². The van der Waals surface area contributed by atoms with Crippen LogP contribution in [0, 0.1) is 35.0 Å². The minimum atomic E-state index is -2.43. The number of nitrogens with one attached hydrogen (secondary N) is 3. The fraction of sp³-hybridized carbons (Fsp3) is 0.389. The number of hydrogen-bond acceptors (Lipinski definition) is 6. The molecular formula is C36H37F5N6O5. The number of amides is 3. The largest absolute Gasteiger partial charge is 0.361 e. The van der Waals surface area contributed by atoms with Crippen molar-refractivity contribution in [2.75, 3.05) is 6.61 Å². The number of ketones is 1. The van der Waals surface area contributed by atoms with Gasteiger partial charge in [-0.1, -0.05) is 79.6 Å². The van der Waals surface area contributed by atoms with Crippen molar-refractivity contribution < 1.29 is 45.9 Å². The van der Waals surface area contributed by atoms with Crippen LogP contribution in [-0.4, -0.2) is 59.9 Å². The second-order valence-corrected chi connectivity index (χ2v) is 13.0. The van der Waals surface area contributed by atoms with E-state index in [1.165, 1.54) is 0 Å². The van der Waals surface area contributed by atoms with E-state index < -0.39 is 94.3 Å². The molecule has 1 aliphatic heterocycles. The SMILES string of the molecule is CC(C)C[C@H](NC(=O)[C@H](Cc1ccccc1)NC(=O)[C@H](Cc1c(F)c(F)c(F)c(F)c1F)NC(=O)C(Cc1ccccc1)N=[N+]=[N-])C(=O)[C@@]1(C)CO1. The van der Waals surface area contributed by atoms with Gasteiger partial charge in [-0.25, -0.2) is 22.0 Å². The number of carbonyl (C=O) groups excluding carboxylic acids is 4. The molecule has 1 fully saturated rings. The molecule has 1 saturated heterocycles. The molecule has 0 bridgehead atoms. The van der Waals surface area contributed by atoms with Crippen LogP contribution in [0.25, 0.3) is 10.4 Å². The maximum atomic E-state index is 14.9. The Morgan fingerprint density at radius 2 is 1.17 bits per heavy atom. The van der Waals surface area contributed by atoms with Gasteiger partial charge in [0.1, 0.15) is 23.7 Å². The van der Waals surface area contributed by atoms with Gasteiger partial charge < -0.3 is 20.7 Å². The molecule has 0 aromatic heterocycles. The second-order valence-electron chi connectivity index (χ2n) is 13.0. The first kappa shape index (κ1) is 39.4. The van der Waals surface area contributed by atoms with Crippen LogP contribution >= 0.6 is 0 Å². The zero-order chi connectivity index (χ0) is 38.2. The maximum Gasteiger partial charge on any atom is 0.243 e. The Bertz CT molecular complexity index is 1810. The average Bonchev–Trinajstić information content (AvgIpc) is 3.88. The van der Waals surface area contributed by atoms with Gasteiger partial charge in [-0.05, 0) is 42.3 Å². The van der Waals surface area contributed by atoms with E-state index in [-0.39, 0.29) is 31.8 Å². The molecule has 3 amide bonds. The van der Waals surface area contributed by atoms with Crippen molar-refractivity contribution in [1.29, 1.82) is 0 Å². The first-order valence-electron chi connectivity index (χ1n) is 16.4. The van der Waals surface area contributed by atoms with Crippen molar-refractivity contribution in [3.05, 3.63) is 117 Å². The standard InChI is InChI=1S/C36H37F5N6O5/c1-19(2)14-23(32(48)36(3)18-52-36)43-33(49)24(15-20-10-6-4-7-11-20)44-34(50)25(17-22-27(37)29(39)31(41)30(40)28(22)38)45-35(51)26(46-47-42)16-21-12-8-5-9-13-21/h4-13,19,23-26H,14-18H2,1-3H3,(H,43,49)(H,44,50)(H,45,51)/t23-,24-,25-,26?,36+/m0/s1. The number of nitrogens with zero attached hydrogens (tertiary/aromatic N) is 3. The zero-order valence-corrected chi connectivity index (χ0v) is 28.5. The molecule has 52 heavy (non-hydrogen) atoms. The van der Waals surface area contributed by atoms with Crippen LogP contribution in [-0.2, 0) is 43.2 Å². The number of benzene rings is 3. The third kappa shape index (κ3) is 9.92. The lowest BCUT2D eigenvalue weighted by Crippen LogP contribution is -2.58. The summed E-state index contributed by atoms with van der Waals surface area (Å²) in [4.78, 5) is 57.2. The van der Waals surface area contributed by atoms with E-state index in [1.807, 2.05) is 13.8 Å². The molecule has 3 N–H and O–H groups in total. The predicted octanol–water partition coefficient (Wildman–Crippen LogP) is 4.95. The Kier molecular flexibility index (Phi) is 13.1. The Hall–Kier alpha value is -5.34. The Balaban J connectivity index is 1.69. The Morgan fingerprint density at radius 1 is 0.731 bits per heavy atom. The third-order valence-corrected chi connectivity index (χ3v) is 8.46. The summed E-state index contributed by atoms with van der Waals surface area (Å²) in [5.74, 6) is -15.1. The smallest absolute Gasteiger partial charge is 0.243 e. The van der Waals surface area contributed by atoms with Gasteiger partial charge in [0.15, 0.2) is 29.1 Å². The summed E-state index contributed by atoms with van der Waals surface area (Å²) in [5, 5.41) is 10.8. The van der Waals surface area contributed by atoms with Gasteiger partial charge in [0, 0.05) is 23.3 Å². The number of Topliss-reactive ketones (excluding diaryl/α,β-unsaturated/α-hetero) is 1. The first-order chi connectivity index (χ1) is 24.6. The van der Waals surface area contributed by atoms with Crippen molar-refractivity contribution >= 4 is 23.5 Å². The van der Waals surface area contributed by atoms with E-state index in [0.717, 1.165) is 0 Å². The maximum absolute atomic E-state index is 14.9. The quantitative estimate of drug-likeness (QED) is 0.0340. The van der Waals surface area contributed by atoms with Crippen molar-refractivity contribution in [2.24, 2.45) is 11.0 Å². The average molecular weight is 729 g/mol. The van der Waals surface area contributed by atoms with Gasteiger partial charge in [0.05, 0.1) is 12.6 Å². The molecule has 5 atom stereocenters. The van der Waals surface area contributed by atoms with E-state index in [9.17, 15) is 41.1 Å². The number of hydrogen-bond donors (Lipinski definition) is 3. The molecule has 3 aromatic rings. The molecule has 276 valence electrons. The van der Waals surface area contributed by atoms with Gasteiger partial charge in [-0.15, -0.1) is 0 Å². The van der Waals surface area contributed by atoms with Crippen LogP contribution in [0.1, 0.15) is 43.9 Å². The van der Waals surface area contributed by atoms with E-state index in [4.69, 9.17) is 10.3 Å². The number of rotatable bonds is 17. The number of azide groups is 1. The summed E-state index contributed by atoms with van der Waals surface area (Å²) in [7, 11) is 0. The van der Waals surface area contributed by atoms with Crippen LogP contribution in [0.3, 0.4) is 0 Å². The summed E-state index contributed by atoms with van der Waals surface area (Å²) < 4.78 is 77.4.